The molecular formula is C28H16N6. The first-order valence-electron chi connectivity index (χ1n) is 10.7. The van der Waals surface area contributed by atoms with E-state index in [-0.39, 0.29) is 0 Å². The van der Waals surface area contributed by atoms with Crippen molar-refractivity contribution in [1.29, 1.82) is 10.5 Å². The first-order valence-corrected chi connectivity index (χ1v) is 10.7. The lowest BCUT2D eigenvalue weighted by Gasteiger charge is -2.01. The molecule has 34 heavy (non-hydrogen) atoms. The number of rotatable bonds is 3. The van der Waals surface area contributed by atoms with E-state index in [2.05, 4.69) is 34.2 Å². The summed E-state index contributed by atoms with van der Waals surface area (Å²) in [5, 5.41) is 18.4. The smallest absolute Gasteiger partial charge is 0.138 e. The van der Waals surface area contributed by atoms with Crippen LogP contribution in [0.25, 0.3) is 56.0 Å². The number of nitrogens with one attached hydrogen (secondary N) is 2. The van der Waals surface area contributed by atoms with Crippen molar-refractivity contribution in [2.24, 2.45) is 0 Å². The van der Waals surface area contributed by atoms with E-state index in [1.54, 1.807) is 12.1 Å². The van der Waals surface area contributed by atoms with Gasteiger partial charge in [-0.3, -0.25) is 0 Å². The lowest BCUT2D eigenvalue weighted by Crippen LogP contribution is -1.81. The van der Waals surface area contributed by atoms with Crippen LogP contribution in [-0.4, -0.2) is 19.9 Å². The third-order valence-corrected chi connectivity index (χ3v) is 5.83. The van der Waals surface area contributed by atoms with Gasteiger partial charge >= 0.3 is 0 Å². The van der Waals surface area contributed by atoms with Crippen LogP contribution in [0.3, 0.4) is 0 Å². The molecule has 0 fully saturated rings. The van der Waals surface area contributed by atoms with Crippen LogP contribution in [0.5, 0.6) is 0 Å². The van der Waals surface area contributed by atoms with Crippen molar-refractivity contribution in [3.05, 3.63) is 96.1 Å². The van der Waals surface area contributed by atoms with E-state index < -0.39 is 0 Å². The molecule has 2 aromatic heterocycles. The summed E-state index contributed by atoms with van der Waals surface area (Å²) in [5.41, 5.74) is 8.65. The van der Waals surface area contributed by atoms with Gasteiger partial charge in [0, 0.05) is 11.1 Å². The number of aromatic amines is 2. The minimum atomic E-state index is 0.602. The number of aromatic nitrogens is 4. The molecule has 0 saturated heterocycles. The standard InChI is InChI=1S/C28H16N6/c29-15-17-3-1-5-21(11-17)27-31-23-9-7-19(13-25(23)33-27)20-8-10-24-26(14-20)34-28(32-24)22-6-2-4-18(12-22)16-30/h1-14H,(H,31,33)(H,32,34). The lowest BCUT2D eigenvalue weighted by atomic mass is 10.0. The Labute approximate surface area is 194 Å². The average Bonchev–Trinajstić information content (AvgIpc) is 3.52. The van der Waals surface area contributed by atoms with Crippen molar-refractivity contribution in [1.82, 2.24) is 19.9 Å². The van der Waals surface area contributed by atoms with Crippen molar-refractivity contribution in [2.75, 3.05) is 0 Å². The molecule has 2 N–H and O–H groups in total. The maximum absolute atomic E-state index is 9.18. The normalized spacial score (nSPS) is 10.9. The fourth-order valence-electron chi connectivity index (χ4n) is 4.12. The molecular weight excluding hydrogens is 420 g/mol. The highest BCUT2D eigenvalue weighted by Crippen LogP contribution is 2.29. The highest BCUT2D eigenvalue weighted by Gasteiger charge is 2.10. The van der Waals surface area contributed by atoms with Gasteiger partial charge in [0.1, 0.15) is 11.6 Å². The molecule has 158 valence electrons. The number of nitriles is 2. The zero-order valence-corrected chi connectivity index (χ0v) is 17.9. The zero-order valence-electron chi connectivity index (χ0n) is 17.9. The van der Waals surface area contributed by atoms with Crippen molar-refractivity contribution in [2.45, 2.75) is 0 Å². The number of imidazole rings is 2. The van der Waals surface area contributed by atoms with E-state index in [0.29, 0.717) is 11.1 Å². The number of H-pyrrole nitrogens is 2. The molecule has 6 heteroatoms. The van der Waals surface area contributed by atoms with E-state index in [1.807, 2.05) is 60.7 Å². The molecule has 6 nitrogen and oxygen atoms in total. The van der Waals surface area contributed by atoms with Gasteiger partial charge in [0.15, 0.2) is 0 Å². The Morgan fingerprint density at radius 3 is 1.44 bits per heavy atom. The minimum Gasteiger partial charge on any atom is -0.338 e. The highest BCUT2D eigenvalue weighted by molar-refractivity contribution is 5.88. The van der Waals surface area contributed by atoms with Crippen LogP contribution in [-0.2, 0) is 0 Å². The molecule has 0 saturated carbocycles. The SMILES string of the molecule is N#Cc1cccc(-c2nc3ccc(-c4ccc5nc(-c6cccc(C#N)c6)[nH]c5c4)cc3[nH]2)c1. The Bertz CT molecular complexity index is 1660. The van der Waals surface area contributed by atoms with Crippen LogP contribution in [0.4, 0.5) is 0 Å². The topological polar surface area (TPSA) is 105 Å². The van der Waals surface area contributed by atoms with Crippen LogP contribution in [0, 0.1) is 22.7 Å². The molecule has 0 spiro atoms. The van der Waals surface area contributed by atoms with Crippen LogP contribution < -0.4 is 0 Å². The third kappa shape index (κ3) is 3.37. The Kier molecular flexibility index (Phi) is 4.43. The molecule has 6 rings (SSSR count). The molecule has 4 aromatic carbocycles. The molecule has 0 radical (unpaired) electrons. The van der Waals surface area contributed by atoms with Crippen molar-refractivity contribution in [3.8, 4) is 46.0 Å². The second-order valence-electron chi connectivity index (χ2n) is 8.02. The van der Waals surface area contributed by atoms with Crippen LogP contribution in [0.15, 0.2) is 84.9 Å². The van der Waals surface area contributed by atoms with Gasteiger partial charge in [-0.25, -0.2) is 9.97 Å². The van der Waals surface area contributed by atoms with Gasteiger partial charge in [0.25, 0.3) is 0 Å². The second kappa shape index (κ2) is 7.74. The average molecular weight is 436 g/mol. The summed E-state index contributed by atoms with van der Waals surface area (Å²) in [6, 6.07) is 31.4. The Morgan fingerprint density at radius 2 is 1.00 bits per heavy atom. The first kappa shape index (κ1) is 19.5. The highest BCUT2D eigenvalue weighted by atomic mass is 14.9. The van der Waals surface area contributed by atoms with Gasteiger partial charge in [-0.05, 0) is 59.7 Å². The molecule has 0 amide bonds. The third-order valence-electron chi connectivity index (χ3n) is 5.83. The number of nitrogens with zero attached hydrogens (tertiary/aromatic N) is 4. The van der Waals surface area contributed by atoms with Crippen molar-refractivity contribution < 1.29 is 0 Å². The van der Waals surface area contributed by atoms with Crippen molar-refractivity contribution in [3.63, 3.8) is 0 Å². The Balaban J connectivity index is 1.37. The van der Waals surface area contributed by atoms with Gasteiger partial charge in [0.05, 0.1) is 45.3 Å². The van der Waals surface area contributed by atoms with E-state index in [0.717, 1.165) is 56.0 Å². The maximum Gasteiger partial charge on any atom is 0.138 e. The number of fused-ring (bicyclic) bond motifs is 2. The van der Waals surface area contributed by atoms with Crippen LogP contribution in [0.1, 0.15) is 11.1 Å². The van der Waals surface area contributed by atoms with Gasteiger partial charge in [-0.1, -0.05) is 36.4 Å². The molecule has 2 heterocycles. The van der Waals surface area contributed by atoms with Crippen LogP contribution >= 0.6 is 0 Å². The predicted octanol–water partition coefficient (Wildman–Crippen LogP) is 6.18. The summed E-state index contributed by atoms with van der Waals surface area (Å²) in [6.07, 6.45) is 0. The molecule has 0 atom stereocenters. The maximum atomic E-state index is 9.18. The summed E-state index contributed by atoms with van der Waals surface area (Å²) < 4.78 is 0. The number of hydrogen-bond donors (Lipinski definition) is 2. The van der Waals surface area contributed by atoms with Crippen LogP contribution in [0.2, 0.25) is 0 Å². The summed E-state index contributed by atoms with van der Waals surface area (Å²) in [7, 11) is 0. The fourth-order valence-corrected chi connectivity index (χ4v) is 4.12. The summed E-state index contributed by atoms with van der Waals surface area (Å²) >= 11 is 0. The summed E-state index contributed by atoms with van der Waals surface area (Å²) in [5.74, 6) is 1.47. The summed E-state index contributed by atoms with van der Waals surface area (Å²) in [6.45, 7) is 0. The van der Waals surface area contributed by atoms with Gasteiger partial charge in [-0.2, -0.15) is 10.5 Å². The van der Waals surface area contributed by atoms with E-state index in [4.69, 9.17) is 9.97 Å². The molecule has 0 unspecified atom stereocenters. The van der Waals surface area contributed by atoms with E-state index in [1.165, 1.54) is 0 Å². The summed E-state index contributed by atoms with van der Waals surface area (Å²) in [4.78, 5) is 16.1. The molecule has 6 aromatic rings. The molecule has 0 aliphatic rings. The second-order valence-corrected chi connectivity index (χ2v) is 8.02. The van der Waals surface area contributed by atoms with E-state index in [9.17, 15) is 10.5 Å². The van der Waals surface area contributed by atoms with Gasteiger partial charge in [-0.15, -0.1) is 0 Å². The van der Waals surface area contributed by atoms with E-state index >= 15 is 0 Å². The monoisotopic (exact) mass is 436 g/mol. The van der Waals surface area contributed by atoms with Gasteiger partial charge < -0.3 is 9.97 Å². The molecule has 0 aliphatic heterocycles. The minimum absolute atomic E-state index is 0.602. The first-order chi connectivity index (χ1) is 16.7. The number of hydrogen-bond acceptors (Lipinski definition) is 4. The lowest BCUT2D eigenvalue weighted by molar-refractivity contribution is 1.33. The largest absolute Gasteiger partial charge is 0.338 e. The Hall–Kier alpha value is -5.20. The molecule has 0 bridgehead atoms. The Morgan fingerprint density at radius 1 is 0.529 bits per heavy atom. The molecule has 0 aliphatic carbocycles. The zero-order chi connectivity index (χ0) is 23.1. The van der Waals surface area contributed by atoms with Crippen molar-refractivity contribution >= 4 is 22.1 Å². The fraction of sp³-hybridized carbons (Fsp3) is 0. The predicted molar refractivity (Wildman–Crippen MR) is 131 cm³/mol. The van der Waals surface area contributed by atoms with Gasteiger partial charge in [0.2, 0.25) is 0 Å². The quantitative estimate of drug-likeness (QED) is 0.345. The number of benzene rings is 4.